The maximum absolute atomic E-state index is 12.8. The summed E-state index contributed by atoms with van der Waals surface area (Å²) >= 11 is 0. The van der Waals surface area contributed by atoms with Crippen molar-refractivity contribution < 1.29 is 9.18 Å². The van der Waals surface area contributed by atoms with Gasteiger partial charge < -0.3 is 5.32 Å². The molecule has 1 N–H and O–H groups in total. The van der Waals surface area contributed by atoms with Crippen LogP contribution in [-0.4, -0.2) is 12.3 Å². The number of hydrogen-bond acceptors (Lipinski definition) is 2. The SMILES string of the molecule is Cc1cccc(C)c1NCCC(=O)c1ccc(F)cc1. The summed E-state index contributed by atoms with van der Waals surface area (Å²) in [5, 5.41) is 3.30. The van der Waals surface area contributed by atoms with Gasteiger partial charge >= 0.3 is 0 Å². The van der Waals surface area contributed by atoms with E-state index in [1.54, 1.807) is 0 Å². The molecule has 2 rings (SSSR count). The number of para-hydroxylation sites is 1. The van der Waals surface area contributed by atoms with Crippen LogP contribution in [0.2, 0.25) is 0 Å². The highest BCUT2D eigenvalue weighted by Crippen LogP contribution is 2.19. The van der Waals surface area contributed by atoms with Gasteiger partial charge in [-0.25, -0.2) is 4.39 Å². The molecule has 0 radical (unpaired) electrons. The Bertz CT molecular complexity index is 585. The molecule has 0 fully saturated rings. The number of nitrogens with one attached hydrogen (secondary N) is 1. The molecule has 0 aromatic heterocycles. The quantitative estimate of drug-likeness (QED) is 0.828. The number of hydrogen-bond donors (Lipinski definition) is 1. The van der Waals surface area contributed by atoms with Crippen molar-refractivity contribution in [2.24, 2.45) is 0 Å². The van der Waals surface area contributed by atoms with Crippen LogP contribution in [0.1, 0.15) is 27.9 Å². The summed E-state index contributed by atoms with van der Waals surface area (Å²) in [5.41, 5.74) is 3.97. The lowest BCUT2D eigenvalue weighted by Gasteiger charge is -2.12. The van der Waals surface area contributed by atoms with Crippen LogP contribution in [0.25, 0.3) is 0 Å². The normalized spacial score (nSPS) is 10.3. The van der Waals surface area contributed by atoms with Gasteiger partial charge in [0.05, 0.1) is 0 Å². The average molecular weight is 271 g/mol. The molecule has 0 aliphatic heterocycles. The molecular formula is C17H18FNO. The Labute approximate surface area is 118 Å². The van der Waals surface area contributed by atoms with Gasteiger partial charge in [-0.15, -0.1) is 0 Å². The number of aryl methyl sites for hydroxylation is 2. The molecule has 0 bridgehead atoms. The highest BCUT2D eigenvalue weighted by molar-refractivity contribution is 5.96. The molecule has 0 amide bonds. The van der Waals surface area contributed by atoms with Crippen molar-refractivity contribution in [2.45, 2.75) is 20.3 Å². The van der Waals surface area contributed by atoms with Crippen LogP contribution in [0.5, 0.6) is 0 Å². The average Bonchev–Trinajstić information content (AvgIpc) is 2.42. The van der Waals surface area contributed by atoms with Crippen molar-refractivity contribution in [3.63, 3.8) is 0 Å². The first kappa shape index (κ1) is 14.3. The fraction of sp³-hybridized carbons (Fsp3) is 0.235. The third-order valence-corrected chi connectivity index (χ3v) is 3.30. The fourth-order valence-electron chi connectivity index (χ4n) is 2.17. The largest absolute Gasteiger partial charge is 0.384 e. The predicted octanol–water partition coefficient (Wildman–Crippen LogP) is 4.13. The van der Waals surface area contributed by atoms with E-state index in [1.807, 2.05) is 32.0 Å². The van der Waals surface area contributed by atoms with Crippen molar-refractivity contribution in [3.8, 4) is 0 Å². The van der Waals surface area contributed by atoms with Gasteiger partial charge in [0.15, 0.2) is 5.78 Å². The molecule has 0 aliphatic carbocycles. The molecule has 2 aromatic rings. The summed E-state index contributed by atoms with van der Waals surface area (Å²) in [5.74, 6) is -0.307. The molecule has 0 saturated heterocycles. The molecule has 0 atom stereocenters. The van der Waals surface area contributed by atoms with Crippen LogP contribution < -0.4 is 5.32 Å². The Morgan fingerprint density at radius 1 is 1.05 bits per heavy atom. The Morgan fingerprint density at radius 2 is 1.65 bits per heavy atom. The van der Waals surface area contributed by atoms with E-state index >= 15 is 0 Å². The second kappa shape index (κ2) is 6.33. The van der Waals surface area contributed by atoms with E-state index in [1.165, 1.54) is 35.4 Å². The molecule has 0 aliphatic rings. The molecule has 0 unspecified atom stereocenters. The topological polar surface area (TPSA) is 29.1 Å². The van der Waals surface area contributed by atoms with Crippen molar-refractivity contribution in [1.82, 2.24) is 0 Å². The van der Waals surface area contributed by atoms with Gasteiger partial charge in [-0.1, -0.05) is 18.2 Å². The van der Waals surface area contributed by atoms with Gasteiger partial charge in [-0.2, -0.15) is 0 Å². The zero-order valence-corrected chi connectivity index (χ0v) is 11.7. The molecule has 2 nitrogen and oxygen atoms in total. The Kier molecular flexibility index (Phi) is 4.51. The molecule has 0 spiro atoms. The van der Waals surface area contributed by atoms with Crippen LogP contribution in [0.4, 0.5) is 10.1 Å². The van der Waals surface area contributed by atoms with Crippen molar-refractivity contribution in [3.05, 3.63) is 65.0 Å². The minimum absolute atomic E-state index is 0.0173. The zero-order valence-electron chi connectivity index (χ0n) is 11.7. The number of ketones is 1. The van der Waals surface area contributed by atoms with Gasteiger partial charge in [0, 0.05) is 24.2 Å². The Morgan fingerprint density at radius 3 is 2.25 bits per heavy atom. The lowest BCUT2D eigenvalue weighted by molar-refractivity contribution is 0.0986. The lowest BCUT2D eigenvalue weighted by Crippen LogP contribution is -2.10. The van der Waals surface area contributed by atoms with E-state index in [2.05, 4.69) is 5.32 Å². The van der Waals surface area contributed by atoms with Gasteiger partial charge in [0.25, 0.3) is 0 Å². The number of anilines is 1. The second-order valence-electron chi connectivity index (χ2n) is 4.87. The first-order valence-electron chi connectivity index (χ1n) is 6.67. The highest BCUT2D eigenvalue weighted by Gasteiger charge is 2.07. The van der Waals surface area contributed by atoms with Gasteiger partial charge in [-0.05, 0) is 49.2 Å². The van der Waals surface area contributed by atoms with Crippen molar-refractivity contribution in [2.75, 3.05) is 11.9 Å². The van der Waals surface area contributed by atoms with Crippen LogP contribution in [0.3, 0.4) is 0 Å². The number of rotatable bonds is 5. The zero-order chi connectivity index (χ0) is 14.5. The predicted molar refractivity (Wildman–Crippen MR) is 79.8 cm³/mol. The molecule has 0 saturated carbocycles. The first-order valence-corrected chi connectivity index (χ1v) is 6.67. The highest BCUT2D eigenvalue weighted by atomic mass is 19.1. The lowest BCUT2D eigenvalue weighted by atomic mass is 10.1. The van der Waals surface area contributed by atoms with E-state index in [9.17, 15) is 9.18 Å². The van der Waals surface area contributed by atoms with Crippen LogP contribution in [0.15, 0.2) is 42.5 Å². The van der Waals surface area contributed by atoms with E-state index in [0.717, 1.165) is 5.69 Å². The third kappa shape index (κ3) is 3.44. The van der Waals surface area contributed by atoms with E-state index in [0.29, 0.717) is 18.5 Å². The maximum Gasteiger partial charge on any atom is 0.164 e. The third-order valence-electron chi connectivity index (χ3n) is 3.30. The first-order chi connectivity index (χ1) is 9.58. The standard InChI is InChI=1S/C17H18FNO/c1-12-4-3-5-13(2)17(12)19-11-10-16(20)14-6-8-15(18)9-7-14/h3-9,19H,10-11H2,1-2H3. The summed E-state index contributed by atoms with van der Waals surface area (Å²) < 4.78 is 12.8. The van der Waals surface area contributed by atoms with Gasteiger partial charge in [0.1, 0.15) is 5.82 Å². The van der Waals surface area contributed by atoms with Gasteiger partial charge in [0.2, 0.25) is 0 Å². The van der Waals surface area contributed by atoms with Crippen LogP contribution >= 0.6 is 0 Å². The molecular weight excluding hydrogens is 253 g/mol. The summed E-state index contributed by atoms with van der Waals surface area (Å²) in [7, 11) is 0. The summed E-state index contributed by atoms with van der Waals surface area (Å²) in [4.78, 5) is 12.0. The smallest absolute Gasteiger partial charge is 0.164 e. The Hall–Kier alpha value is -2.16. The van der Waals surface area contributed by atoms with E-state index in [4.69, 9.17) is 0 Å². The number of carbonyl (C=O) groups excluding carboxylic acids is 1. The summed E-state index contributed by atoms with van der Waals surface area (Å²) in [6.07, 6.45) is 0.388. The minimum Gasteiger partial charge on any atom is -0.384 e. The summed E-state index contributed by atoms with van der Waals surface area (Å²) in [6, 6.07) is 11.8. The van der Waals surface area contributed by atoms with Crippen molar-refractivity contribution >= 4 is 11.5 Å². The number of carbonyl (C=O) groups is 1. The van der Waals surface area contributed by atoms with Gasteiger partial charge in [-0.3, -0.25) is 4.79 Å². The van der Waals surface area contributed by atoms with Crippen LogP contribution in [-0.2, 0) is 0 Å². The minimum atomic E-state index is -0.324. The number of halogens is 1. The number of benzene rings is 2. The van der Waals surface area contributed by atoms with Crippen LogP contribution in [0, 0.1) is 19.7 Å². The molecule has 3 heteroatoms. The summed E-state index contributed by atoms with van der Waals surface area (Å²) in [6.45, 7) is 4.65. The molecule has 104 valence electrons. The number of Topliss-reactive ketones (excluding diaryl/α,β-unsaturated/α-hetero) is 1. The fourth-order valence-corrected chi connectivity index (χ4v) is 2.17. The van der Waals surface area contributed by atoms with Crippen molar-refractivity contribution in [1.29, 1.82) is 0 Å². The molecule has 2 aromatic carbocycles. The monoisotopic (exact) mass is 271 g/mol. The Balaban J connectivity index is 1.93. The second-order valence-corrected chi connectivity index (χ2v) is 4.87. The molecule has 20 heavy (non-hydrogen) atoms. The molecule has 0 heterocycles. The van der Waals surface area contributed by atoms with E-state index in [-0.39, 0.29) is 11.6 Å². The maximum atomic E-state index is 12.8. The van der Waals surface area contributed by atoms with E-state index < -0.39 is 0 Å².